The Morgan fingerprint density at radius 3 is 2.79 bits per heavy atom. The highest BCUT2D eigenvalue weighted by atomic mass is 79.9. The average Bonchev–Trinajstić information content (AvgIpc) is 2.15. The molecule has 0 fully saturated rings. The lowest BCUT2D eigenvalue weighted by atomic mass is 10.3. The van der Waals surface area contributed by atoms with Crippen molar-refractivity contribution in [2.24, 2.45) is 0 Å². The second-order valence-electron chi connectivity index (χ2n) is 2.81. The maximum absolute atomic E-state index is 5.58. The third-order valence-electron chi connectivity index (χ3n) is 1.66. The van der Waals surface area contributed by atoms with E-state index >= 15 is 0 Å². The van der Waals surface area contributed by atoms with Crippen LogP contribution in [0.1, 0.15) is 12.8 Å². The molecule has 0 spiro atoms. The molecule has 0 amide bonds. The second-order valence-corrected chi connectivity index (χ2v) is 4.95. The first kappa shape index (κ1) is 12.3. The zero-order valence-corrected chi connectivity index (χ0v) is 11.5. The number of unbranched alkanes of at least 4 members (excludes halogenated alkanes) is 1. The number of nitrogens with one attached hydrogen (secondary N) is 1. The molecule has 1 aromatic rings. The van der Waals surface area contributed by atoms with Crippen LogP contribution in [0.15, 0.2) is 21.2 Å². The molecule has 0 saturated heterocycles. The molecule has 5 heteroatoms. The summed E-state index contributed by atoms with van der Waals surface area (Å²) in [5.41, 5.74) is 0. The summed E-state index contributed by atoms with van der Waals surface area (Å²) in [6, 6.07) is 1.97. The number of alkyl halides is 1. The van der Waals surface area contributed by atoms with Crippen molar-refractivity contribution in [3.63, 3.8) is 0 Å². The fourth-order valence-electron chi connectivity index (χ4n) is 0.971. The van der Waals surface area contributed by atoms with E-state index in [0.29, 0.717) is 0 Å². The molecular formula is C9H11Br2ClN2. The molecule has 0 atom stereocenters. The number of nitrogens with zero attached hydrogens (tertiary/aromatic N) is 1. The molecule has 0 aliphatic heterocycles. The summed E-state index contributed by atoms with van der Waals surface area (Å²) < 4.78 is 1.94. The van der Waals surface area contributed by atoms with Crippen molar-refractivity contribution in [3.05, 3.63) is 21.2 Å². The minimum atomic E-state index is 0.719. The summed E-state index contributed by atoms with van der Waals surface area (Å²) in [5.74, 6) is 1.60. The van der Waals surface area contributed by atoms with Gasteiger partial charge in [0.15, 0.2) is 0 Å². The Hall–Kier alpha value is 0.200. The van der Waals surface area contributed by atoms with E-state index in [0.717, 1.165) is 40.0 Å². The lowest BCUT2D eigenvalue weighted by Gasteiger charge is -2.06. The predicted octanol–water partition coefficient (Wildman–Crippen LogP) is 4.04. The maximum atomic E-state index is 5.58. The van der Waals surface area contributed by atoms with E-state index < -0.39 is 0 Å². The van der Waals surface area contributed by atoms with Crippen molar-refractivity contribution in [1.29, 1.82) is 0 Å². The van der Waals surface area contributed by atoms with Crippen molar-refractivity contribution in [1.82, 2.24) is 4.98 Å². The minimum Gasteiger partial charge on any atom is -0.369 e. The molecule has 2 nitrogen and oxygen atoms in total. The Morgan fingerprint density at radius 1 is 1.36 bits per heavy atom. The van der Waals surface area contributed by atoms with Gasteiger partial charge in [-0.25, -0.2) is 4.98 Å². The van der Waals surface area contributed by atoms with Gasteiger partial charge in [0.1, 0.15) is 5.82 Å². The van der Waals surface area contributed by atoms with Gasteiger partial charge in [0.25, 0.3) is 0 Å². The fraction of sp³-hybridized carbons (Fsp3) is 0.444. The van der Waals surface area contributed by atoms with E-state index in [1.54, 1.807) is 6.20 Å². The van der Waals surface area contributed by atoms with Crippen LogP contribution in [0.25, 0.3) is 0 Å². The maximum Gasteiger partial charge on any atom is 0.140 e. The lowest BCUT2D eigenvalue weighted by molar-refractivity contribution is 0.835. The Labute approximate surface area is 106 Å². The normalized spacial score (nSPS) is 10.2. The number of pyridine rings is 1. The third kappa shape index (κ3) is 4.15. The second kappa shape index (κ2) is 6.64. The molecule has 1 N–H and O–H groups in total. The summed E-state index contributed by atoms with van der Waals surface area (Å²) >= 11 is 12.4. The molecule has 0 aliphatic carbocycles. The van der Waals surface area contributed by atoms with Gasteiger partial charge in [-0.15, -0.1) is 11.6 Å². The minimum absolute atomic E-state index is 0.719. The first-order valence-corrected chi connectivity index (χ1v) is 6.47. The Morgan fingerprint density at radius 2 is 2.14 bits per heavy atom. The van der Waals surface area contributed by atoms with Crippen LogP contribution in [0.5, 0.6) is 0 Å². The van der Waals surface area contributed by atoms with Gasteiger partial charge in [-0.3, -0.25) is 0 Å². The molecular weight excluding hydrogens is 331 g/mol. The molecule has 0 aromatic carbocycles. The van der Waals surface area contributed by atoms with Gasteiger partial charge in [0.2, 0.25) is 0 Å². The number of rotatable bonds is 5. The largest absolute Gasteiger partial charge is 0.369 e. The molecule has 0 unspecified atom stereocenters. The highest BCUT2D eigenvalue weighted by Gasteiger charge is 2.00. The highest BCUT2D eigenvalue weighted by Crippen LogP contribution is 2.23. The van der Waals surface area contributed by atoms with Crippen molar-refractivity contribution in [2.45, 2.75) is 12.8 Å². The Balaban J connectivity index is 2.42. The molecule has 0 saturated carbocycles. The first-order valence-electron chi connectivity index (χ1n) is 4.35. The quantitative estimate of drug-likeness (QED) is 0.645. The van der Waals surface area contributed by atoms with E-state index in [9.17, 15) is 0 Å². The number of halogens is 3. The third-order valence-corrected chi connectivity index (χ3v) is 2.97. The van der Waals surface area contributed by atoms with Crippen LogP contribution in [0.2, 0.25) is 0 Å². The van der Waals surface area contributed by atoms with Gasteiger partial charge >= 0.3 is 0 Å². The van der Waals surface area contributed by atoms with E-state index in [4.69, 9.17) is 11.6 Å². The van der Waals surface area contributed by atoms with Crippen molar-refractivity contribution < 1.29 is 0 Å². The zero-order chi connectivity index (χ0) is 10.4. The van der Waals surface area contributed by atoms with Crippen LogP contribution in [0.3, 0.4) is 0 Å². The molecule has 0 aliphatic rings. The van der Waals surface area contributed by atoms with Crippen LogP contribution in [-0.4, -0.2) is 17.4 Å². The van der Waals surface area contributed by atoms with Crippen molar-refractivity contribution in [2.75, 3.05) is 17.7 Å². The molecule has 78 valence electrons. The zero-order valence-electron chi connectivity index (χ0n) is 7.56. The van der Waals surface area contributed by atoms with Gasteiger partial charge in [0, 0.05) is 23.1 Å². The molecule has 0 radical (unpaired) electrons. The first-order chi connectivity index (χ1) is 6.74. The van der Waals surface area contributed by atoms with Crippen LogP contribution < -0.4 is 5.32 Å². The van der Waals surface area contributed by atoms with Crippen LogP contribution in [0, 0.1) is 0 Å². The Bertz CT molecular complexity index is 294. The predicted molar refractivity (Wildman–Crippen MR) is 68.1 cm³/mol. The van der Waals surface area contributed by atoms with E-state index in [1.807, 2.05) is 6.07 Å². The monoisotopic (exact) mass is 340 g/mol. The van der Waals surface area contributed by atoms with E-state index in [1.165, 1.54) is 0 Å². The number of hydrogen-bond acceptors (Lipinski definition) is 2. The molecule has 14 heavy (non-hydrogen) atoms. The number of aromatic nitrogens is 1. The summed E-state index contributed by atoms with van der Waals surface area (Å²) in [7, 11) is 0. The van der Waals surface area contributed by atoms with Crippen LogP contribution in [0.4, 0.5) is 5.82 Å². The Kier molecular flexibility index (Phi) is 5.82. The van der Waals surface area contributed by atoms with E-state index in [-0.39, 0.29) is 0 Å². The van der Waals surface area contributed by atoms with Gasteiger partial charge in [0.05, 0.1) is 4.47 Å². The fourth-order valence-corrected chi connectivity index (χ4v) is 2.29. The standard InChI is InChI=1S/C9H11Br2ClN2/c10-7-5-8(11)9(14-6-7)13-4-2-1-3-12/h5-6H,1-4H2,(H,13,14). The smallest absolute Gasteiger partial charge is 0.140 e. The summed E-state index contributed by atoms with van der Waals surface area (Å²) in [6.45, 7) is 0.903. The van der Waals surface area contributed by atoms with Gasteiger partial charge < -0.3 is 5.32 Å². The van der Waals surface area contributed by atoms with Crippen LogP contribution in [-0.2, 0) is 0 Å². The summed E-state index contributed by atoms with van der Waals surface area (Å²) in [5, 5.41) is 3.24. The summed E-state index contributed by atoms with van der Waals surface area (Å²) in [6.07, 6.45) is 3.87. The van der Waals surface area contributed by atoms with E-state index in [2.05, 4.69) is 42.2 Å². The van der Waals surface area contributed by atoms with Crippen molar-refractivity contribution in [3.8, 4) is 0 Å². The SMILES string of the molecule is ClCCCCNc1ncc(Br)cc1Br. The topological polar surface area (TPSA) is 24.9 Å². The number of anilines is 1. The number of hydrogen-bond donors (Lipinski definition) is 1. The summed E-state index contributed by atoms with van der Waals surface area (Å²) in [4.78, 5) is 4.24. The van der Waals surface area contributed by atoms with Gasteiger partial charge in [-0.05, 0) is 50.8 Å². The lowest BCUT2D eigenvalue weighted by Crippen LogP contribution is -2.03. The molecule has 1 rings (SSSR count). The molecule has 1 heterocycles. The average molecular weight is 342 g/mol. The molecule has 1 aromatic heterocycles. The highest BCUT2D eigenvalue weighted by molar-refractivity contribution is 9.11. The van der Waals surface area contributed by atoms with Crippen molar-refractivity contribution >= 4 is 49.3 Å². The van der Waals surface area contributed by atoms with Gasteiger partial charge in [-0.2, -0.15) is 0 Å². The van der Waals surface area contributed by atoms with Crippen LogP contribution >= 0.6 is 43.5 Å². The molecule has 0 bridgehead atoms. The van der Waals surface area contributed by atoms with Gasteiger partial charge in [-0.1, -0.05) is 0 Å².